The predicted octanol–water partition coefficient (Wildman–Crippen LogP) is 3.46. The van der Waals surface area contributed by atoms with Crippen LogP contribution in [0.2, 0.25) is 0 Å². The smallest absolute Gasteiger partial charge is 0.337 e. The lowest BCUT2D eigenvalue weighted by atomic mass is 10.9. The second-order valence-electron chi connectivity index (χ2n) is 1.90. The lowest BCUT2D eigenvalue weighted by Gasteiger charge is -2.25. The van der Waals surface area contributed by atoms with Crippen molar-refractivity contribution in [3.63, 3.8) is 0 Å². The maximum Gasteiger partial charge on any atom is 0.446 e. The van der Waals surface area contributed by atoms with Gasteiger partial charge in [-0.15, -0.1) is 0 Å². The largest absolute Gasteiger partial charge is 0.446 e. The molecule has 0 heterocycles. The van der Waals surface area contributed by atoms with E-state index in [1.54, 1.807) is 0 Å². The molecule has 80 valence electrons. The second-order valence-corrected chi connectivity index (χ2v) is 5.82. The molecule has 0 saturated carbocycles. The van der Waals surface area contributed by atoms with E-state index in [4.69, 9.17) is 0 Å². The summed E-state index contributed by atoms with van der Waals surface area (Å²) in [5, 5.41) is 0. The van der Waals surface area contributed by atoms with Gasteiger partial charge in [-0.2, -0.15) is 26.3 Å². The molecule has 0 radical (unpaired) electrons. The molecule has 1 nitrogen and oxygen atoms in total. The molecule has 0 bridgehead atoms. The van der Waals surface area contributed by atoms with Crippen LogP contribution in [0.25, 0.3) is 0 Å². The van der Waals surface area contributed by atoms with E-state index in [1.165, 1.54) is 0 Å². The number of hydrogen-bond donors (Lipinski definition) is 0. The van der Waals surface area contributed by atoms with Gasteiger partial charge in [0, 0.05) is 6.61 Å². The van der Waals surface area contributed by atoms with Crippen molar-refractivity contribution >= 4 is 18.1 Å². The molecular formula is C4H5F6OPS. The maximum absolute atomic E-state index is 11.9. The van der Waals surface area contributed by atoms with E-state index < -0.39 is 24.7 Å². The summed E-state index contributed by atoms with van der Waals surface area (Å²) in [7, 11) is 0. The topological polar surface area (TPSA) is 9.23 Å². The summed E-state index contributed by atoms with van der Waals surface area (Å²) >= 11 is 3.51. The summed E-state index contributed by atoms with van der Waals surface area (Å²) in [4.78, 5) is 0. The molecule has 0 unspecified atom stereocenters. The Morgan fingerprint density at radius 1 is 1.08 bits per heavy atom. The molecule has 0 saturated heterocycles. The first-order chi connectivity index (χ1) is 5.56. The van der Waals surface area contributed by atoms with Crippen LogP contribution in [0.5, 0.6) is 0 Å². The Balaban J connectivity index is 5.10. The standard InChI is InChI=1S/C4H5F6OPS/c1-2-11-12(13,3(5,6)7)4(8,9)10/h2H2,1H3. The van der Waals surface area contributed by atoms with Crippen LogP contribution in [0.1, 0.15) is 6.92 Å². The third-order valence-corrected chi connectivity index (χ3v) is 4.49. The summed E-state index contributed by atoms with van der Waals surface area (Å²) in [6.45, 7) is 0.314. The molecule has 0 aromatic heterocycles. The molecule has 0 fully saturated rings. The minimum atomic E-state index is -5.75. The molecule has 0 amide bonds. The Morgan fingerprint density at radius 2 is 1.38 bits per heavy atom. The number of alkyl halides is 6. The first kappa shape index (κ1) is 13.2. The van der Waals surface area contributed by atoms with Crippen molar-refractivity contribution in [2.45, 2.75) is 18.8 Å². The van der Waals surface area contributed by atoms with Crippen molar-refractivity contribution in [2.75, 3.05) is 6.61 Å². The summed E-state index contributed by atoms with van der Waals surface area (Å²) in [5.74, 6) is -11.1. The predicted molar refractivity (Wildman–Crippen MR) is 38.0 cm³/mol. The number of hydrogen-bond acceptors (Lipinski definition) is 2. The van der Waals surface area contributed by atoms with Crippen LogP contribution in [-0.2, 0) is 16.3 Å². The molecule has 13 heavy (non-hydrogen) atoms. The molecular weight excluding hydrogens is 241 g/mol. The van der Waals surface area contributed by atoms with Gasteiger partial charge in [-0.3, -0.25) is 0 Å². The second kappa shape index (κ2) is 3.74. The third-order valence-electron chi connectivity index (χ3n) is 0.978. The summed E-state index contributed by atoms with van der Waals surface area (Å²) in [5.41, 5.74) is 0. The first-order valence-electron chi connectivity index (χ1n) is 2.94. The molecule has 0 rings (SSSR count). The molecule has 0 aromatic carbocycles. The zero-order valence-corrected chi connectivity index (χ0v) is 7.95. The van der Waals surface area contributed by atoms with Gasteiger partial charge >= 0.3 is 11.8 Å². The van der Waals surface area contributed by atoms with Gasteiger partial charge in [-0.25, -0.2) is 0 Å². The van der Waals surface area contributed by atoms with Crippen LogP contribution in [0, 0.1) is 0 Å². The highest BCUT2D eigenvalue weighted by atomic mass is 32.4. The highest BCUT2D eigenvalue weighted by Crippen LogP contribution is 2.72. The van der Waals surface area contributed by atoms with Gasteiger partial charge in [0.05, 0.1) is 0 Å². The van der Waals surface area contributed by atoms with Gasteiger partial charge in [-0.1, -0.05) is 0 Å². The van der Waals surface area contributed by atoms with Crippen LogP contribution in [-0.4, -0.2) is 18.4 Å². The Kier molecular flexibility index (Phi) is 3.80. The van der Waals surface area contributed by atoms with Gasteiger partial charge < -0.3 is 4.52 Å². The van der Waals surface area contributed by atoms with Crippen LogP contribution in [0.3, 0.4) is 0 Å². The van der Waals surface area contributed by atoms with Crippen molar-refractivity contribution in [3.8, 4) is 0 Å². The molecule has 0 aliphatic rings. The number of halogens is 6. The molecule has 0 N–H and O–H groups in total. The minimum Gasteiger partial charge on any atom is -0.337 e. The monoisotopic (exact) mass is 246 g/mol. The van der Waals surface area contributed by atoms with Crippen molar-refractivity contribution in [2.24, 2.45) is 0 Å². The van der Waals surface area contributed by atoms with Crippen molar-refractivity contribution in [1.82, 2.24) is 0 Å². The molecule has 0 spiro atoms. The minimum absolute atomic E-state index is 0.712. The van der Waals surface area contributed by atoms with Crippen LogP contribution in [0.15, 0.2) is 0 Å². The molecule has 0 aliphatic heterocycles. The van der Waals surface area contributed by atoms with Gasteiger partial charge in [0.1, 0.15) is 0 Å². The fourth-order valence-electron chi connectivity index (χ4n) is 0.472. The van der Waals surface area contributed by atoms with Gasteiger partial charge in [0.2, 0.25) is 0 Å². The quantitative estimate of drug-likeness (QED) is 0.545. The van der Waals surface area contributed by atoms with Gasteiger partial charge in [0.25, 0.3) is 6.26 Å². The molecule has 0 atom stereocenters. The summed E-state index contributed by atoms with van der Waals surface area (Å²) in [6, 6.07) is 0. The molecule has 9 heteroatoms. The van der Waals surface area contributed by atoms with Crippen molar-refractivity contribution in [3.05, 3.63) is 0 Å². The van der Waals surface area contributed by atoms with Gasteiger partial charge in [0.15, 0.2) is 0 Å². The SMILES string of the molecule is CCOP(=S)(C(F)(F)F)C(F)(F)F. The normalized spacial score (nSPS) is 14.7. The van der Waals surface area contributed by atoms with E-state index >= 15 is 0 Å². The summed E-state index contributed by atoms with van der Waals surface area (Å²) < 4.78 is 75.0. The average molecular weight is 246 g/mol. The fourth-order valence-corrected chi connectivity index (χ4v) is 1.73. The van der Waals surface area contributed by atoms with Crippen LogP contribution in [0.4, 0.5) is 26.3 Å². The lowest BCUT2D eigenvalue weighted by Crippen LogP contribution is -2.23. The first-order valence-corrected chi connectivity index (χ1v) is 5.66. The van der Waals surface area contributed by atoms with E-state index in [0.717, 1.165) is 6.92 Å². The summed E-state index contributed by atoms with van der Waals surface area (Å²) in [6.07, 6.45) is -5.75. The van der Waals surface area contributed by atoms with Crippen molar-refractivity contribution in [1.29, 1.82) is 0 Å². The highest BCUT2D eigenvalue weighted by molar-refractivity contribution is 8.13. The van der Waals surface area contributed by atoms with E-state index in [1.807, 2.05) is 0 Å². The fraction of sp³-hybridized carbons (Fsp3) is 1.00. The van der Waals surface area contributed by atoms with Crippen LogP contribution < -0.4 is 0 Å². The van der Waals surface area contributed by atoms with E-state index in [-0.39, 0.29) is 0 Å². The Labute approximate surface area is 75.1 Å². The Morgan fingerprint density at radius 3 is 1.46 bits per heavy atom. The van der Waals surface area contributed by atoms with E-state index in [0.29, 0.717) is 0 Å². The van der Waals surface area contributed by atoms with Gasteiger partial charge in [-0.05, 0) is 18.7 Å². The van der Waals surface area contributed by atoms with Crippen molar-refractivity contribution < 1.29 is 30.9 Å². The zero-order chi connectivity index (χ0) is 10.9. The Hall–Kier alpha value is 0.190. The lowest BCUT2D eigenvalue weighted by molar-refractivity contribution is -0.0994. The van der Waals surface area contributed by atoms with E-state index in [2.05, 4.69) is 16.3 Å². The molecule has 0 aliphatic carbocycles. The Bertz CT molecular complexity index is 202. The third kappa shape index (κ3) is 2.57. The van der Waals surface area contributed by atoms with E-state index in [9.17, 15) is 26.3 Å². The maximum atomic E-state index is 11.9. The number of rotatable bonds is 2. The van der Waals surface area contributed by atoms with Crippen LogP contribution >= 0.6 is 6.26 Å². The molecule has 0 aromatic rings. The highest BCUT2D eigenvalue weighted by Gasteiger charge is 2.64. The zero-order valence-electron chi connectivity index (χ0n) is 6.24. The average Bonchev–Trinajstić information content (AvgIpc) is 1.82.